The summed E-state index contributed by atoms with van der Waals surface area (Å²) >= 11 is 0. The maximum Gasteiger partial charge on any atom is 0.416 e. The van der Waals surface area contributed by atoms with E-state index in [1.54, 1.807) is 30.1 Å². The van der Waals surface area contributed by atoms with E-state index in [0.717, 1.165) is 17.8 Å². The molecule has 1 fully saturated rings. The van der Waals surface area contributed by atoms with E-state index < -0.39 is 22.4 Å². The molecule has 3 heterocycles. The van der Waals surface area contributed by atoms with Crippen molar-refractivity contribution < 1.29 is 22.8 Å². The van der Waals surface area contributed by atoms with Crippen molar-refractivity contribution in [1.29, 1.82) is 0 Å². The molecule has 0 spiro atoms. The standard InChI is InChI=1S/C23H23F3N4O3/c1-30(33)18-4-2-3-16-22(18)29(13-20(31)27-16)17-9-10-28(12-19(17)30)21(32)11-14-5-7-15(8-6-14)23(24,25)26/h2-8,17,19H,9-13H2,1H3,(H,27,31). The van der Waals surface area contributed by atoms with Gasteiger partial charge in [-0.3, -0.25) is 9.59 Å². The number of amides is 2. The third kappa shape index (κ3) is 3.63. The Morgan fingerprint density at radius 1 is 1.21 bits per heavy atom. The Morgan fingerprint density at radius 2 is 1.94 bits per heavy atom. The molecule has 0 saturated carbocycles. The lowest BCUT2D eigenvalue weighted by molar-refractivity contribution is -0.137. The Kier molecular flexibility index (Phi) is 4.91. The molecule has 0 radical (unpaired) electrons. The number of rotatable bonds is 2. The van der Waals surface area contributed by atoms with E-state index >= 15 is 0 Å². The fourth-order valence-electron chi connectivity index (χ4n) is 5.27. The number of carbonyl (C=O) groups is 2. The number of alkyl halides is 3. The first-order valence-electron chi connectivity index (χ1n) is 10.8. The first kappa shape index (κ1) is 21.7. The van der Waals surface area contributed by atoms with E-state index in [4.69, 9.17) is 0 Å². The van der Waals surface area contributed by atoms with Crippen LogP contribution in [-0.4, -0.2) is 55.5 Å². The minimum absolute atomic E-state index is 0.0368. The molecule has 0 bridgehead atoms. The summed E-state index contributed by atoms with van der Waals surface area (Å²) in [6, 6.07) is 9.17. The summed E-state index contributed by atoms with van der Waals surface area (Å²) < 4.78 is 37.7. The number of anilines is 2. The zero-order valence-corrected chi connectivity index (χ0v) is 17.9. The number of para-hydroxylation sites is 1. The molecule has 3 aliphatic heterocycles. The number of fused-ring (bicyclic) bond motifs is 2. The van der Waals surface area contributed by atoms with E-state index in [-0.39, 0.29) is 37.4 Å². The lowest BCUT2D eigenvalue weighted by Gasteiger charge is -2.59. The highest BCUT2D eigenvalue weighted by molar-refractivity contribution is 6.04. The number of hydrogen-bond acceptors (Lipinski definition) is 4. The molecular weight excluding hydrogens is 437 g/mol. The number of likely N-dealkylation sites (N-methyl/N-ethyl adjacent to an activating group) is 1. The fraction of sp³-hybridized carbons (Fsp3) is 0.391. The molecule has 174 valence electrons. The number of nitrogens with one attached hydrogen (secondary N) is 1. The molecule has 5 rings (SSSR count). The molecule has 3 aliphatic rings. The van der Waals surface area contributed by atoms with E-state index in [0.29, 0.717) is 29.9 Å². The Hall–Kier alpha value is -3.11. The number of hydroxylamine groups is 2. The molecule has 2 aromatic carbocycles. The predicted molar refractivity (Wildman–Crippen MR) is 117 cm³/mol. The summed E-state index contributed by atoms with van der Waals surface area (Å²) in [6.45, 7) is 0.785. The van der Waals surface area contributed by atoms with Gasteiger partial charge in [-0.05, 0) is 30.2 Å². The van der Waals surface area contributed by atoms with E-state index in [1.807, 2.05) is 4.90 Å². The number of halogens is 3. The van der Waals surface area contributed by atoms with Gasteiger partial charge in [0.25, 0.3) is 0 Å². The Bertz CT molecular complexity index is 1120. The summed E-state index contributed by atoms with van der Waals surface area (Å²) in [5.74, 6) is -0.370. The molecule has 3 atom stereocenters. The van der Waals surface area contributed by atoms with Crippen molar-refractivity contribution >= 4 is 28.9 Å². The molecule has 1 N–H and O–H groups in total. The van der Waals surface area contributed by atoms with Crippen LogP contribution in [0.5, 0.6) is 0 Å². The van der Waals surface area contributed by atoms with Gasteiger partial charge in [0.05, 0.1) is 43.9 Å². The van der Waals surface area contributed by atoms with Crippen LogP contribution in [0.2, 0.25) is 0 Å². The van der Waals surface area contributed by atoms with Gasteiger partial charge in [-0.1, -0.05) is 18.2 Å². The highest BCUT2D eigenvalue weighted by Crippen LogP contribution is 2.49. The Morgan fingerprint density at radius 3 is 2.64 bits per heavy atom. The molecule has 3 unspecified atom stereocenters. The zero-order chi connectivity index (χ0) is 23.5. The average Bonchev–Trinajstić information content (AvgIpc) is 2.76. The number of piperidine rings is 1. The van der Waals surface area contributed by atoms with Crippen molar-refractivity contribution in [3.8, 4) is 0 Å². The summed E-state index contributed by atoms with van der Waals surface area (Å²) in [5, 5.41) is 16.7. The number of hydrogen-bond donors (Lipinski definition) is 1. The fourth-order valence-corrected chi connectivity index (χ4v) is 5.27. The monoisotopic (exact) mass is 460 g/mol. The van der Waals surface area contributed by atoms with E-state index in [2.05, 4.69) is 5.32 Å². The van der Waals surface area contributed by atoms with Gasteiger partial charge < -0.3 is 25.0 Å². The van der Waals surface area contributed by atoms with Gasteiger partial charge >= 0.3 is 6.18 Å². The molecule has 0 aliphatic carbocycles. The van der Waals surface area contributed by atoms with Gasteiger partial charge in [-0.15, -0.1) is 0 Å². The van der Waals surface area contributed by atoms with Crippen molar-refractivity contribution in [2.24, 2.45) is 0 Å². The highest BCUT2D eigenvalue weighted by Gasteiger charge is 2.51. The first-order valence-corrected chi connectivity index (χ1v) is 10.8. The SMILES string of the molecule is C[N+]1([O-])c2cccc3c2N(CC(=O)N3)C2CCN(C(=O)Cc3ccc(C(F)(F)F)cc3)CC21. The predicted octanol–water partition coefficient (Wildman–Crippen LogP) is 3.12. The first-order chi connectivity index (χ1) is 15.6. The number of quaternary nitrogens is 1. The van der Waals surface area contributed by atoms with Crippen LogP contribution in [0.3, 0.4) is 0 Å². The van der Waals surface area contributed by atoms with Gasteiger partial charge in [0.15, 0.2) is 5.69 Å². The molecular formula is C23H23F3N4O3. The quantitative estimate of drug-likeness (QED) is 0.552. The number of nitrogens with zero attached hydrogens (tertiary/aromatic N) is 3. The minimum Gasteiger partial charge on any atom is -0.627 e. The van der Waals surface area contributed by atoms with Gasteiger partial charge in [0.1, 0.15) is 11.7 Å². The molecule has 1 saturated heterocycles. The molecule has 33 heavy (non-hydrogen) atoms. The Labute approximate surface area is 188 Å². The van der Waals surface area contributed by atoms with E-state index in [1.165, 1.54) is 12.1 Å². The van der Waals surface area contributed by atoms with Crippen LogP contribution in [0.4, 0.5) is 30.2 Å². The molecule has 10 heteroatoms. The Balaban J connectivity index is 1.37. The van der Waals surface area contributed by atoms with Gasteiger partial charge in [-0.2, -0.15) is 13.2 Å². The van der Waals surface area contributed by atoms with Crippen molar-refractivity contribution in [1.82, 2.24) is 9.55 Å². The van der Waals surface area contributed by atoms with Crippen LogP contribution in [0, 0.1) is 5.21 Å². The van der Waals surface area contributed by atoms with Crippen LogP contribution in [0.15, 0.2) is 42.5 Å². The topological polar surface area (TPSA) is 75.7 Å². The summed E-state index contributed by atoms with van der Waals surface area (Å²) in [5.41, 5.74) is 1.65. The number of likely N-dealkylation sites (tertiary alicyclic amines) is 1. The third-order valence-corrected chi connectivity index (χ3v) is 6.94. The van der Waals surface area contributed by atoms with Crippen LogP contribution < -0.4 is 14.9 Å². The van der Waals surface area contributed by atoms with E-state index in [9.17, 15) is 28.0 Å². The second-order valence-electron chi connectivity index (χ2n) is 8.97. The normalized spacial score (nSPS) is 26.4. The van der Waals surface area contributed by atoms with Crippen LogP contribution in [-0.2, 0) is 22.2 Å². The number of carbonyl (C=O) groups excluding carboxylic acids is 2. The van der Waals surface area contributed by atoms with Crippen molar-refractivity contribution in [3.05, 3.63) is 58.8 Å². The molecule has 2 amide bonds. The van der Waals surface area contributed by atoms with Crippen LogP contribution in [0.25, 0.3) is 0 Å². The summed E-state index contributed by atoms with van der Waals surface area (Å²) in [4.78, 5) is 28.8. The maximum absolute atomic E-state index is 13.8. The van der Waals surface area contributed by atoms with Crippen LogP contribution in [0.1, 0.15) is 17.5 Å². The minimum atomic E-state index is -4.43. The highest BCUT2D eigenvalue weighted by atomic mass is 19.4. The summed E-state index contributed by atoms with van der Waals surface area (Å²) in [6.07, 6.45) is -3.94. The second kappa shape index (κ2) is 7.46. The second-order valence-corrected chi connectivity index (χ2v) is 8.97. The van der Waals surface area contributed by atoms with Gasteiger partial charge in [0.2, 0.25) is 11.8 Å². The molecule has 0 aromatic heterocycles. The lowest BCUT2D eigenvalue weighted by atomic mass is 9.89. The average molecular weight is 460 g/mol. The maximum atomic E-state index is 13.8. The summed E-state index contributed by atoms with van der Waals surface area (Å²) in [7, 11) is 1.57. The van der Waals surface area contributed by atoms with Crippen LogP contribution >= 0.6 is 0 Å². The molecule has 7 nitrogen and oxygen atoms in total. The van der Waals surface area contributed by atoms with Crippen molar-refractivity contribution in [3.63, 3.8) is 0 Å². The largest absolute Gasteiger partial charge is 0.627 e. The lowest BCUT2D eigenvalue weighted by Crippen LogP contribution is -2.70. The van der Waals surface area contributed by atoms with Crippen molar-refractivity contribution in [2.75, 3.05) is 36.9 Å². The number of benzene rings is 2. The smallest absolute Gasteiger partial charge is 0.416 e. The van der Waals surface area contributed by atoms with Gasteiger partial charge in [0, 0.05) is 12.6 Å². The molecule has 2 aromatic rings. The van der Waals surface area contributed by atoms with Crippen molar-refractivity contribution in [2.45, 2.75) is 31.1 Å². The third-order valence-electron chi connectivity index (χ3n) is 6.94. The van der Waals surface area contributed by atoms with Gasteiger partial charge in [-0.25, -0.2) is 0 Å². The zero-order valence-electron chi connectivity index (χ0n) is 17.9.